The van der Waals surface area contributed by atoms with Gasteiger partial charge in [0.05, 0.1) is 10.9 Å². The third kappa shape index (κ3) is 1.85. The summed E-state index contributed by atoms with van der Waals surface area (Å²) in [5.41, 5.74) is 0.651. The molecule has 0 radical (unpaired) electrons. The van der Waals surface area contributed by atoms with Crippen LogP contribution in [0.15, 0.2) is 52.2 Å². The molecular weight excluding hydrogens is 242 g/mol. The predicted octanol–water partition coefficient (Wildman–Crippen LogP) is 1.38. The van der Waals surface area contributed by atoms with Crippen LogP contribution >= 0.6 is 0 Å². The van der Waals surface area contributed by atoms with Gasteiger partial charge in [0, 0.05) is 6.20 Å². The molecule has 3 aromatic rings. The highest BCUT2D eigenvalue weighted by Gasteiger charge is 2.09. The van der Waals surface area contributed by atoms with Crippen molar-refractivity contribution in [1.29, 1.82) is 0 Å². The zero-order valence-corrected chi connectivity index (χ0v) is 10.3. The first-order valence-electron chi connectivity index (χ1n) is 5.84. The summed E-state index contributed by atoms with van der Waals surface area (Å²) in [6, 6.07) is 10.4. The van der Waals surface area contributed by atoms with E-state index in [1.807, 2.05) is 13.0 Å². The molecule has 19 heavy (non-hydrogen) atoms. The lowest BCUT2D eigenvalue weighted by Crippen LogP contribution is -2.34. The number of rotatable bonds is 1. The Morgan fingerprint density at radius 1 is 1.16 bits per heavy atom. The molecule has 0 aliphatic heterocycles. The molecule has 0 atom stereocenters. The van der Waals surface area contributed by atoms with Crippen LogP contribution in [-0.2, 0) is 0 Å². The van der Waals surface area contributed by atoms with E-state index in [1.165, 1.54) is 0 Å². The van der Waals surface area contributed by atoms with Crippen molar-refractivity contribution in [2.75, 3.05) is 0 Å². The van der Waals surface area contributed by atoms with Crippen molar-refractivity contribution in [2.24, 2.45) is 0 Å². The van der Waals surface area contributed by atoms with E-state index in [1.54, 1.807) is 36.5 Å². The normalized spacial score (nSPS) is 10.8. The number of pyridine rings is 1. The standard InChI is InChI=1S/C14H11N3O2/c1-9-5-6-11-10(8-9)13(18)17(14(19)16-11)12-4-2-3-7-15-12/h2-8H,1H3,(H,16,19). The van der Waals surface area contributed by atoms with E-state index in [-0.39, 0.29) is 5.56 Å². The Hall–Kier alpha value is -2.69. The molecule has 0 amide bonds. The Morgan fingerprint density at radius 3 is 2.74 bits per heavy atom. The van der Waals surface area contributed by atoms with Gasteiger partial charge in [0.1, 0.15) is 5.82 Å². The minimum Gasteiger partial charge on any atom is -0.306 e. The summed E-state index contributed by atoms with van der Waals surface area (Å²) in [6.45, 7) is 1.90. The van der Waals surface area contributed by atoms with Crippen LogP contribution in [0.3, 0.4) is 0 Å². The van der Waals surface area contributed by atoms with Crippen LogP contribution in [0.2, 0.25) is 0 Å². The van der Waals surface area contributed by atoms with Crippen molar-refractivity contribution in [3.05, 3.63) is 69.0 Å². The second-order valence-corrected chi connectivity index (χ2v) is 4.31. The Bertz CT molecular complexity index is 863. The number of aromatic nitrogens is 3. The van der Waals surface area contributed by atoms with Gasteiger partial charge in [-0.1, -0.05) is 17.7 Å². The number of hydrogen-bond acceptors (Lipinski definition) is 3. The van der Waals surface area contributed by atoms with Crippen LogP contribution < -0.4 is 11.2 Å². The van der Waals surface area contributed by atoms with Crippen molar-refractivity contribution in [3.8, 4) is 5.82 Å². The zero-order valence-electron chi connectivity index (χ0n) is 10.3. The van der Waals surface area contributed by atoms with E-state index in [4.69, 9.17) is 0 Å². The lowest BCUT2D eigenvalue weighted by Gasteiger charge is -2.05. The van der Waals surface area contributed by atoms with Crippen LogP contribution in [0.4, 0.5) is 0 Å². The topological polar surface area (TPSA) is 67.8 Å². The molecule has 0 aliphatic carbocycles. The van der Waals surface area contributed by atoms with Crippen molar-refractivity contribution in [2.45, 2.75) is 6.92 Å². The minimum absolute atomic E-state index is 0.317. The number of hydrogen-bond donors (Lipinski definition) is 1. The average molecular weight is 253 g/mol. The molecule has 0 bridgehead atoms. The molecule has 5 nitrogen and oxygen atoms in total. The van der Waals surface area contributed by atoms with Crippen molar-refractivity contribution in [3.63, 3.8) is 0 Å². The number of aromatic amines is 1. The molecule has 0 aliphatic rings. The zero-order chi connectivity index (χ0) is 13.4. The average Bonchev–Trinajstić information content (AvgIpc) is 2.41. The molecule has 0 saturated heterocycles. The SMILES string of the molecule is Cc1ccc2[nH]c(=O)n(-c3ccccn3)c(=O)c2c1. The molecule has 1 aromatic carbocycles. The fourth-order valence-corrected chi connectivity index (χ4v) is 2.02. The summed E-state index contributed by atoms with van der Waals surface area (Å²) >= 11 is 0. The van der Waals surface area contributed by atoms with Gasteiger partial charge in [-0.05, 0) is 31.2 Å². The molecule has 2 heterocycles. The number of nitrogens with zero attached hydrogens (tertiary/aromatic N) is 2. The van der Waals surface area contributed by atoms with E-state index in [2.05, 4.69) is 9.97 Å². The van der Waals surface area contributed by atoms with Gasteiger partial charge in [-0.3, -0.25) is 4.79 Å². The van der Waals surface area contributed by atoms with E-state index in [9.17, 15) is 9.59 Å². The predicted molar refractivity (Wildman–Crippen MR) is 72.7 cm³/mol. The van der Waals surface area contributed by atoms with E-state index >= 15 is 0 Å². The van der Waals surface area contributed by atoms with Gasteiger partial charge < -0.3 is 4.98 Å². The van der Waals surface area contributed by atoms with Gasteiger partial charge in [-0.2, -0.15) is 0 Å². The van der Waals surface area contributed by atoms with Crippen molar-refractivity contribution < 1.29 is 0 Å². The fraction of sp³-hybridized carbons (Fsp3) is 0.0714. The first-order valence-corrected chi connectivity index (χ1v) is 5.84. The maximum Gasteiger partial charge on any atom is 0.334 e. The van der Waals surface area contributed by atoms with Gasteiger partial charge in [0.15, 0.2) is 0 Å². The Labute approximate surface area is 108 Å². The van der Waals surface area contributed by atoms with Crippen LogP contribution in [0.1, 0.15) is 5.56 Å². The van der Waals surface area contributed by atoms with E-state index in [0.29, 0.717) is 16.7 Å². The Balaban J connectivity index is 2.44. The van der Waals surface area contributed by atoms with Gasteiger partial charge >= 0.3 is 5.69 Å². The first kappa shape index (κ1) is 11.4. The molecule has 3 rings (SSSR count). The van der Waals surface area contributed by atoms with Gasteiger partial charge in [0.25, 0.3) is 5.56 Å². The summed E-state index contributed by atoms with van der Waals surface area (Å²) in [4.78, 5) is 31.1. The first-order chi connectivity index (χ1) is 9.16. The smallest absolute Gasteiger partial charge is 0.306 e. The monoisotopic (exact) mass is 253 g/mol. The Morgan fingerprint density at radius 2 is 2.00 bits per heavy atom. The number of nitrogens with one attached hydrogen (secondary N) is 1. The second-order valence-electron chi connectivity index (χ2n) is 4.31. The quantitative estimate of drug-likeness (QED) is 0.712. The highest BCUT2D eigenvalue weighted by molar-refractivity contribution is 5.78. The summed E-state index contributed by atoms with van der Waals surface area (Å²) in [5, 5.41) is 0.477. The highest BCUT2D eigenvalue weighted by atomic mass is 16.2. The molecule has 2 aromatic heterocycles. The summed E-state index contributed by atoms with van der Waals surface area (Å²) in [7, 11) is 0. The third-order valence-electron chi connectivity index (χ3n) is 2.93. The lowest BCUT2D eigenvalue weighted by atomic mass is 10.2. The lowest BCUT2D eigenvalue weighted by molar-refractivity contribution is 0.868. The van der Waals surface area contributed by atoms with Gasteiger partial charge in [-0.25, -0.2) is 14.3 Å². The van der Waals surface area contributed by atoms with Gasteiger partial charge in [0.2, 0.25) is 0 Å². The van der Waals surface area contributed by atoms with Crippen LogP contribution in [-0.4, -0.2) is 14.5 Å². The molecular formula is C14H11N3O2. The van der Waals surface area contributed by atoms with Crippen LogP contribution in [0, 0.1) is 6.92 Å². The van der Waals surface area contributed by atoms with Crippen LogP contribution in [0.5, 0.6) is 0 Å². The van der Waals surface area contributed by atoms with Gasteiger partial charge in [-0.15, -0.1) is 0 Å². The minimum atomic E-state index is -0.486. The largest absolute Gasteiger partial charge is 0.334 e. The maximum absolute atomic E-state index is 12.4. The summed E-state index contributed by atoms with van der Waals surface area (Å²) in [6.07, 6.45) is 1.54. The molecule has 0 fully saturated rings. The third-order valence-corrected chi connectivity index (χ3v) is 2.93. The van der Waals surface area contributed by atoms with Crippen molar-refractivity contribution >= 4 is 10.9 Å². The van der Waals surface area contributed by atoms with E-state index in [0.717, 1.165) is 10.1 Å². The molecule has 1 N–H and O–H groups in total. The molecule has 0 unspecified atom stereocenters. The number of benzene rings is 1. The summed E-state index contributed by atoms with van der Waals surface area (Å²) in [5.74, 6) is 0.317. The van der Waals surface area contributed by atoms with Crippen molar-refractivity contribution in [1.82, 2.24) is 14.5 Å². The molecule has 0 spiro atoms. The number of fused-ring (bicyclic) bond motifs is 1. The maximum atomic E-state index is 12.4. The highest BCUT2D eigenvalue weighted by Crippen LogP contribution is 2.08. The second kappa shape index (κ2) is 4.20. The number of H-pyrrole nitrogens is 1. The summed E-state index contributed by atoms with van der Waals surface area (Å²) < 4.78 is 1.04. The molecule has 5 heteroatoms. The Kier molecular flexibility index (Phi) is 2.52. The van der Waals surface area contributed by atoms with Crippen LogP contribution in [0.25, 0.3) is 16.7 Å². The number of aryl methyl sites for hydroxylation is 1. The molecule has 94 valence electrons. The van der Waals surface area contributed by atoms with E-state index < -0.39 is 5.69 Å². The molecule has 0 saturated carbocycles. The fourth-order valence-electron chi connectivity index (χ4n) is 2.02.